The van der Waals surface area contributed by atoms with Crippen molar-refractivity contribution in [3.63, 3.8) is 0 Å². The van der Waals surface area contributed by atoms with Gasteiger partial charge in [-0.1, -0.05) is 0 Å². The zero-order valence-corrected chi connectivity index (χ0v) is 19.0. The molecule has 33 heavy (non-hydrogen) atoms. The summed E-state index contributed by atoms with van der Waals surface area (Å²) in [6.07, 6.45) is 0. The Labute approximate surface area is 191 Å². The second-order valence-electron chi connectivity index (χ2n) is 8.36. The van der Waals surface area contributed by atoms with Gasteiger partial charge in [-0.2, -0.15) is 0 Å². The molecule has 0 saturated heterocycles. The standard InChI is InChI=1S/C24H26N2O7/c1-25(2)11-26-16-8-19-18(32-12-33-19)7-15(16)21(22-17(26)10-31-24(22)28)13-5-14(9-27)23(30-4)20(6-13)29-3/h5-8,21,27H,9-12H2,1-4H3. The summed E-state index contributed by atoms with van der Waals surface area (Å²) in [4.78, 5) is 17.1. The number of ether oxygens (including phenoxy) is 5. The predicted octanol–water partition coefficient (Wildman–Crippen LogP) is 2.21. The highest BCUT2D eigenvalue weighted by molar-refractivity contribution is 5.98. The van der Waals surface area contributed by atoms with Gasteiger partial charge in [-0.05, 0) is 43.4 Å². The smallest absolute Gasteiger partial charge is 0.337 e. The lowest BCUT2D eigenvalue weighted by Gasteiger charge is -2.37. The Morgan fingerprint density at radius 3 is 2.52 bits per heavy atom. The lowest BCUT2D eigenvalue weighted by molar-refractivity contribution is -0.136. The van der Waals surface area contributed by atoms with Crippen molar-refractivity contribution in [2.45, 2.75) is 12.5 Å². The van der Waals surface area contributed by atoms with Gasteiger partial charge in [0, 0.05) is 17.5 Å². The van der Waals surface area contributed by atoms with Crippen molar-refractivity contribution in [1.82, 2.24) is 4.90 Å². The fourth-order valence-electron chi connectivity index (χ4n) is 4.77. The minimum absolute atomic E-state index is 0.150. The highest BCUT2D eigenvalue weighted by Crippen LogP contribution is 2.52. The van der Waals surface area contributed by atoms with E-state index < -0.39 is 5.92 Å². The number of anilines is 1. The first-order valence-corrected chi connectivity index (χ1v) is 10.6. The second-order valence-corrected chi connectivity index (χ2v) is 8.36. The van der Waals surface area contributed by atoms with E-state index in [0.29, 0.717) is 40.8 Å². The number of nitrogens with zero attached hydrogens (tertiary/aromatic N) is 2. The third-order valence-corrected chi connectivity index (χ3v) is 6.12. The summed E-state index contributed by atoms with van der Waals surface area (Å²) in [5.41, 5.74) is 4.53. The molecule has 5 rings (SSSR count). The molecule has 9 nitrogen and oxygen atoms in total. The van der Waals surface area contributed by atoms with Gasteiger partial charge < -0.3 is 33.7 Å². The lowest BCUT2D eigenvalue weighted by atomic mass is 9.79. The van der Waals surface area contributed by atoms with Crippen LogP contribution in [-0.2, 0) is 16.1 Å². The predicted molar refractivity (Wildman–Crippen MR) is 119 cm³/mol. The first-order chi connectivity index (χ1) is 16.0. The zero-order chi connectivity index (χ0) is 23.3. The Morgan fingerprint density at radius 1 is 1.09 bits per heavy atom. The minimum atomic E-state index is -0.442. The maximum Gasteiger partial charge on any atom is 0.337 e. The number of fused-ring (bicyclic) bond motifs is 2. The molecule has 0 aromatic heterocycles. The van der Waals surface area contributed by atoms with Crippen LogP contribution in [0.25, 0.3) is 0 Å². The van der Waals surface area contributed by atoms with E-state index in [-0.39, 0.29) is 26.0 Å². The Balaban J connectivity index is 1.77. The molecule has 1 N–H and O–H groups in total. The van der Waals surface area contributed by atoms with E-state index >= 15 is 0 Å². The van der Waals surface area contributed by atoms with Gasteiger partial charge >= 0.3 is 5.97 Å². The molecule has 1 unspecified atom stereocenters. The average Bonchev–Trinajstić information content (AvgIpc) is 3.43. The molecule has 2 aromatic rings. The minimum Gasteiger partial charge on any atom is -0.493 e. The van der Waals surface area contributed by atoms with Gasteiger partial charge in [-0.25, -0.2) is 4.79 Å². The van der Waals surface area contributed by atoms with Gasteiger partial charge in [0.25, 0.3) is 0 Å². The number of methoxy groups -OCH3 is 2. The van der Waals surface area contributed by atoms with Crippen LogP contribution in [0.4, 0.5) is 5.69 Å². The van der Waals surface area contributed by atoms with Crippen LogP contribution in [0.2, 0.25) is 0 Å². The first kappa shape index (κ1) is 21.4. The van der Waals surface area contributed by atoms with Crippen LogP contribution in [0.1, 0.15) is 22.6 Å². The molecule has 0 saturated carbocycles. The van der Waals surface area contributed by atoms with Gasteiger partial charge in [-0.3, -0.25) is 4.90 Å². The highest BCUT2D eigenvalue weighted by atomic mass is 16.7. The average molecular weight is 454 g/mol. The van der Waals surface area contributed by atoms with Gasteiger partial charge in [0.15, 0.2) is 23.0 Å². The second kappa shape index (κ2) is 8.17. The molecule has 0 bridgehead atoms. The number of cyclic esters (lactones) is 1. The normalized spacial score (nSPS) is 18.4. The number of carbonyl (C=O) groups excluding carboxylic acids is 1. The van der Waals surface area contributed by atoms with Crippen LogP contribution < -0.4 is 23.8 Å². The van der Waals surface area contributed by atoms with Gasteiger partial charge in [0.05, 0.1) is 44.5 Å². The van der Waals surface area contributed by atoms with Gasteiger partial charge in [0.1, 0.15) is 6.61 Å². The number of aliphatic hydroxyl groups is 1. The topological polar surface area (TPSA) is 89.9 Å². The van der Waals surface area contributed by atoms with E-state index in [9.17, 15) is 9.90 Å². The Kier molecular flexibility index (Phi) is 5.30. The molecular weight excluding hydrogens is 428 g/mol. The number of hydrogen-bond acceptors (Lipinski definition) is 9. The van der Waals surface area contributed by atoms with Crippen molar-refractivity contribution >= 4 is 11.7 Å². The molecule has 1 atom stereocenters. The third kappa shape index (κ3) is 3.35. The van der Waals surface area contributed by atoms with Gasteiger partial charge in [0.2, 0.25) is 6.79 Å². The van der Waals surface area contributed by atoms with Crippen molar-refractivity contribution < 1.29 is 33.6 Å². The van der Waals surface area contributed by atoms with Crippen molar-refractivity contribution in [2.24, 2.45) is 0 Å². The molecule has 0 aliphatic carbocycles. The number of esters is 1. The molecule has 0 fully saturated rings. The maximum atomic E-state index is 13.0. The van der Waals surface area contributed by atoms with Crippen molar-refractivity contribution in [3.05, 3.63) is 52.2 Å². The van der Waals surface area contributed by atoms with E-state index in [4.69, 9.17) is 23.7 Å². The molecule has 174 valence electrons. The van der Waals surface area contributed by atoms with Crippen molar-refractivity contribution in [2.75, 3.05) is 53.3 Å². The van der Waals surface area contributed by atoms with E-state index in [1.807, 2.05) is 43.3 Å². The lowest BCUT2D eigenvalue weighted by Crippen LogP contribution is -2.37. The van der Waals surface area contributed by atoms with Crippen LogP contribution in [0, 0.1) is 0 Å². The van der Waals surface area contributed by atoms with E-state index in [2.05, 4.69) is 4.90 Å². The Hall–Kier alpha value is -3.43. The number of hydrogen-bond donors (Lipinski definition) is 1. The van der Waals surface area contributed by atoms with Crippen molar-refractivity contribution in [1.29, 1.82) is 0 Å². The summed E-state index contributed by atoms with van der Waals surface area (Å²) in [5.74, 6) is 1.43. The maximum absolute atomic E-state index is 13.0. The number of benzene rings is 2. The first-order valence-electron chi connectivity index (χ1n) is 10.6. The summed E-state index contributed by atoms with van der Waals surface area (Å²) < 4.78 is 27.8. The van der Waals surface area contributed by atoms with Crippen molar-refractivity contribution in [3.8, 4) is 23.0 Å². The van der Waals surface area contributed by atoms with E-state index in [0.717, 1.165) is 22.5 Å². The SMILES string of the molecule is COc1cc(C2C3=C(COC3=O)N(CN(C)C)c3cc4c(cc32)OCO4)cc(CO)c1OC. The zero-order valence-electron chi connectivity index (χ0n) is 19.0. The summed E-state index contributed by atoms with van der Waals surface area (Å²) in [7, 11) is 7.02. The monoisotopic (exact) mass is 454 g/mol. The summed E-state index contributed by atoms with van der Waals surface area (Å²) in [6.45, 7) is 0.656. The largest absolute Gasteiger partial charge is 0.493 e. The van der Waals surface area contributed by atoms with Crippen LogP contribution in [0.5, 0.6) is 23.0 Å². The summed E-state index contributed by atoms with van der Waals surface area (Å²) in [6, 6.07) is 7.57. The summed E-state index contributed by atoms with van der Waals surface area (Å²) >= 11 is 0. The molecule has 9 heteroatoms. The van der Waals surface area contributed by atoms with Crippen LogP contribution in [0.15, 0.2) is 35.5 Å². The molecule has 0 radical (unpaired) electrons. The molecule has 0 amide bonds. The third-order valence-electron chi connectivity index (χ3n) is 6.12. The van der Waals surface area contributed by atoms with Gasteiger partial charge in [-0.15, -0.1) is 0 Å². The van der Waals surface area contributed by atoms with E-state index in [1.165, 1.54) is 7.11 Å². The van der Waals surface area contributed by atoms with Crippen LogP contribution >= 0.6 is 0 Å². The quantitative estimate of drug-likeness (QED) is 0.660. The van der Waals surface area contributed by atoms with Crippen LogP contribution in [0.3, 0.4) is 0 Å². The summed E-state index contributed by atoms with van der Waals surface area (Å²) in [5, 5.41) is 10.0. The number of aliphatic hydroxyl groups excluding tert-OH is 1. The van der Waals surface area contributed by atoms with E-state index in [1.54, 1.807) is 7.11 Å². The molecular formula is C24H26N2O7. The molecule has 3 heterocycles. The Morgan fingerprint density at radius 2 is 1.85 bits per heavy atom. The van der Waals surface area contributed by atoms with Crippen LogP contribution in [-0.4, -0.2) is 64.4 Å². The molecule has 3 aliphatic heterocycles. The fourth-order valence-corrected chi connectivity index (χ4v) is 4.77. The number of carbonyl (C=O) groups is 1. The molecule has 3 aliphatic rings. The Bertz CT molecular complexity index is 1130. The molecule has 2 aromatic carbocycles. The highest BCUT2D eigenvalue weighted by Gasteiger charge is 2.43. The molecule has 0 spiro atoms. The number of rotatable bonds is 6. The fraction of sp³-hybridized carbons (Fsp3) is 0.375.